The fourth-order valence-corrected chi connectivity index (χ4v) is 2.64. The normalized spacial score (nSPS) is 12.0. The third kappa shape index (κ3) is 3.76. The second-order valence-electron chi connectivity index (χ2n) is 5.79. The maximum absolute atomic E-state index is 13.0. The van der Waals surface area contributed by atoms with Crippen molar-refractivity contribution in [1.82, 2.24) is 4.98 Å². The molecule has 1 amide bonds. The maximum atomic E-state index is 13.0. The van der Waals surface area contributed by atoms with Crippen LogP contribution in [0.2, 0.25) is 0 Å². The molecule has 0 unspecified atom stereocenters. The van der Waals surface area contributed by atoms with Gasteiger partial charge in [-0.2, -0.15) is 0 Å². The van der Waals surface area contributed by atoms with Crippen molar-refractivity contribution in [2.24, 2.45) is 0 Å². The number of halogens is 1. The van der Waals surface area contributed by atoms with E-state index in [1.54, 1.807) is 6.20 Å². The van der Waals surface area contributed by atoms with Gasteiger partial charge in [0.1, 0.15) is 11.6 Å². The number of carbonyl (C=O) groups is 1. The van der Waals surface area contributed by atoms with Gasteiger partial charge in [0.2, 0.25) is 0 Å². The van der Waals surface area contributed by atoms with Crippen LogP contribution >= 0.6 is 0 Å². The second-order valence-corrected chi connectivity index (χ2v) is 5.79. The molecule has 0 fully saturated rings. The summed E-state index contributed by atoms with van der Waals surface area (Å²) in [7, 11) is 0. The highest BCUT2D eigenvalue weighted by Crippen LogP contribution is 2.25. The van der Waals surface area contributed by atoms with Gasteiger partial charge in [-0.15, -0.1) is 0 Å². The number of aromatic nitrogens is 1. The Hall–Kier alpha value is -2.95. The number of ether oxygens (including phenoxy) is 1. The quantitative estimate of drug-likeness (QED) is 0.746. The number of amides is 1. The fourth-order valence-electron chi connectivity index (χ4n) is 2.64. The molecular weight excluding hydrogens is 319 g/mol. The van der Waals surface area contributed by atoms with E-state index in [-0.39, 0.29) is 11.7 Å². The van der Waals surface area contributed by atoms with E-state index < -0.39 is 6.10 Å². The van der Waals surface area contributed by atoms with Gasteiger partial charge in [-0.05, 0) is 61.4 Å². The molecule has 3 rings (SSSR count). The first-order chi connectivity index (χ1) is 12.1. The zero-order chi connectivity index (χ0) is 17.8. The van der Waals surface area contributed by atoms with Gasteiger partial charge in [-0.1, -0.05) is 13.0 Å². The molecule has 3 aromatic rings. The number of benzene rings is 2. The van der Waals surface area contributed by atoms with Crippen LogP contribution in [0.1, 0.15) is 18.9 Å². The summed E-state index contributed by atoms with van der Waals surface area (Å²) in [5.74, 6) is -0.136. The van der Waals surface area contributed by atoms with E-state index in [2.05, 4.69) is 10.3 Å². The van der Waals surface area contributed by atoms with E-state index in [9.17, 15) is 9.18 Å². The summed E-state index contributed by atoms with van der Waals surface area (Å²) in [5, 5.41) is 3.80. The van der Waals surface area contributed by atoms with Crippen molar-refractivity contribution in [2.75, 3.05) is 5.32 Å². The van der Waals surface area contributed by atoms with Crippen LogP contribution < -0.4 is 10.1 Å². The highest BCUT2D eigenvalue weighted by atomic mass is 19.1. The first-order valence-corrected chi connectivity index (χ1v) is 8.16. The Morgan fingerprint density at radius 1 is 1.20 bits per heavy atom. The Balaban J connectivity index is 1.80. The van der Waals surface area contributed by atoms with Crippen molar-refractivity contribution in [2.45, 2.75) is 26.4 Å². The first-order valence-electron chi connectivity index (χ1n) is 8.16. The van der Waals surface area contributed by atoms with Gasteiger partial charge in [0.05, 0.1) is 11.2 Å². The van der Waals surface area contributed by atoms with E-state index in [4.69, 9.17) is 4.74 Å². The maximum Gasteiger partial charge on any atom is 0.265 e. The highest BCUT2D eigenvalue weighted by molar-refractivity contribution is 6.03. The number of nitrogens with one attached hydrogen (secondary N) is 1. The number of nitrogens with zero attached hydrogens (tertiary/aromatic N) is 1. The minimum absolute atomic E-state index is 0.249. The minimum atomic E-state index is -0.668. The number of hydrogen-bond acceptors (Lipinski definition) is 3. The fraction of sp³-hybridized carbons (Fsp3) is 0.200. The van der Waals surface area contributed by atoms with Gasteiger partial charge in [0, 0.05) is 11.6 Å². The molecule has 0 saturated heterocycles. The summed E-state index contributed by atoms with van der Waals surface area (Å²) < 4.78 is 18.7. The summed E-state index contributed by atoms with van der Waals surface area (Å²) in [6.45, 7) is 3.84. The topological polar surface area (TPSA) is 51.2 Å². The number of hydrogen-bond donors (Lipinski definition) is 1. The zero-order valence-corrected chi connectivity index (χ0v) is 14.1. The molecule has 0 radical (unpaired) electrons. The number of aryl methyl sites for hydroxylation is 1. The molecule has 0 aliphatic heterocycles. The van der Waals surface area contributed by atoms with Gasteiger partial charge >= 0.3 is 0 Å². The molecule has 1 N–H and O–H groups in total. The summed E-state index contributed by atoms with van der Waals surface area (Å²) in [6, 6.07) is 13.2. The molecule has 0 spiro atoms. The molecular formula is C20H19FN2O2. The molecule has 4 nitrogen and oxygen atoms in total. The van der Waals surface area contributed by atoms with Crippen molar-refractivity contribution in [3.8, 4) is 5.75 Å². The standard InChI is InChI=1S/C20H19FN2O2/c1-3-18(25-15-9-7-14(21)8-10-15)20(24)23-17-11-6-13(2)19-16(17)5-4-12-22-19/h4-12,18H,3H2,1-2H3,(H,23,24)/t18-/m1/s1. The lowest BCUT2D eigenvalue weighted by atomic mass is 10.1. The van der Waals surface area contributed by atoms with Crippen LogP contribution in [0, 0.1) is 12.7 Å². The van der Waals surface area contributed by atoms with Crippen LogP contribution in [0.4, 0.5) is 10.1 Å². The van der Waals surface area contributed by atoms with Gasteiger partial charge in [-0.25, -0.2) is 4.39 Å². The van der Waals surface area contributed by atoms with Crippen molar-refractivity contribution < 1.29 is 13.9 Å². The predicted molar refractivity (Wildman–Crippen MR) is 96.2 cm³/mol. The van der Waals surface area contributed by atoms with E-state index in [0.717, 1.165) is 16.5 Å². The molecule has 0 aliphatic rings. The summed E-state index contributed by atoms with van der Waals surface area (Å²) in [5.41, 5.74) is 2.59. The first kappa shape index (κ1) is 16.9. The van der Waals surface area contributed by atoms with Crippen molar-refractivity contribution in [3.63, 3.8) is 0 Å². The van der Waals surface area contributed by atoms with Gasteiger partial charge in [0.25, 0.3) is 5.91 Å². The molecule has 1 heterocycles. The predicted octanol–water partition coefficient (Wildman–Crippen LogP) is 4.48. The summed E-state index contributed by atoms with van der Waals surface area (Å²) in [4.78, 5) is 17.0. The average molecular weight is 338 g/mol. The number of anilines is 1. The monoisotopic (exact) mass is 338 g/mol. The van der Waals surface area contributed by atoms with Crippen LogP contribution in [0.3, 0.4) is 0 Å². The smallest absolute Gasteiger partial charge is 0.265 e. The van der Waals surface area contributed by atoms with E-state index >= 15 is 0 Å². The number of fused-ring (bicyclic) bond motifs is 1. The van der Waals surface area contributed by atoms with Crippen LogP contribution in [0.25, 0.3) is 10.9 Å². The third-order valence-electron chi connectivity index (χ3n) is 3.98. The molecule has 0 saturated carbocycles. The largest absolute Gasteiger partial charge is 0.481 e. The van der Waals surface area contributed by atoms with Crippen LogP contribution in [-0.4, -0.2) is 17.0 Å². The highest BCUT2D eigenvalue weighted by Gasteiger charge is 2.19. The number of carbonyl (C=O) groups excluding carboxylic acids is 1. The minimum Gasteiger partial charge on any atom is -0.481 e. The Kier molecular flexibility index (Phi) is 4.93. The lowest BCUT2D eigenvalue weighted by Crippen LogP contribution is -2.32. The van der Waals surface area contributed by atoms with Crippen LogP contribution in [0.15, 0.2) is 54.7 Å². The second kappa shape index (κ2) is 7.30. The molecule has 1 aromatic heterocycles. The number of pyridine rings is 1. The van der Waals surface area contributed by atoms with Gasteiger partial charge in [-0.3, -0.25) is 9.78 Å². The Labute approximate surface area is 145 Å². The van der Waals surface area contributed by atoms with Crippen molar-refractivity contribution in [1.29, 1.82) is 0 Å². The Bertz CT molecular complexity index is 894. The molecule has 2 aromatic carbocycles. The van der Waals surface area contributed by atoms with E-state index in [1.165, 1.54) is 24.3 Å². The summed E-state index contributed by atoms with van der Waals surface area (Å²) >= 11 is 0. The molecule has 128 valence electrons. The molecule has 0 aliphatic carbocycles. The van der Waals surface area contributed by atoms with Gasteiger partial charge in [0.15, 0.2) is 6.10 Å². The average Bonchev–Trinajstić information content (AvgIpc) is 2.63. The lowest BCUT2D eigenvalue weighted by Gasteiger charge is -2.18. The van der Waals surface area contributed by atoms with Gasteiger partial charge < -0.3 is 10.1 Å². The Morgan fingerprint density at radius 3 is 2.68 bits per heavy atom. The van der Waals surface area contributed by atoms with Crippen LogP contribution in [0.5, 0.6) is 5.75 Å². The van der Waals surface area contributed by atoms with E-state index in [0.29, 0.717) is 17.9 Å². The van der Waals surface area contributed by atoms with Crippen molar-refractivity contribution >= 4 is 22.5 Å². The third-order valence-corrected chi connectivity index (χ3v) is 3.98. The Morgan fingerprint density at radius 2 is 1.96 bits per heavy atom. The molecule has 25 heavy (non-hydrogen) atoms. The van der Waals surface area contributed by atoms with E-state index in [1.807, 2.05) is 38.1 Å². The zero-order valence-electron chi connectivity index (χ0n) is 14.1. The lowest BCUT2D eigenvalue weighted by molar-refractivity contribution is -0.122. The summed E-state index contributed by atoms with van der Waals surface area (Å²) in [6.07, 6.45) is 1.55. The molecule has 0 bridgehead atoms. The SMILES string of the molecule is CC[C@@H](Oc1ccc(F)cc1)C(=O)Nc1ccc(C)c2ncccc12. The molecule has 1 atom stereocenters. The van der Waals surface area contributed by atoms with Crippen molar-refractivity contribution in [3.05, 3.63) is 66.1 Å². The number of rotatable bonds is 5. The molecule has 5 heteroatoms. The van der Waals surface area contributed by atoms with Crippen LogP contribution in [-0.2, 0) is 4.79 Å².